The number of fused-ring (bicyclic) bond motifs is 12. The van der Waals surface area contributed by atoms with Crippen LogP contribution in [0.4, 0.5) is 0 Å². The molecule has 282 valence electrons. The molecule has 0 spiro atoms. The van der Waals surface area contributed by atoms with Gasteiger partial charge in [0, 0.05) is 49.0 Å². The zero-order valence-electron chi connectivity index (χ0n) is 33.2. The summed E-state index contributed by atoms with van der Waals surface area (Å²) in [4.78, 5) is 0. The van der Waals surface area contributed by atoms with E-state index in [1.165, 1.54) is 44.2 Å². The molecule has 0 atom stereocenters. The van der Waals surface area contributed by atoms with Crippen molar-refractivity contribution in [2.24, 2.45) is 0 Å². The van der Waals surface area contributed by atoms with E-state index in [0.29, 0.717) is 0 Å². The number of para-hydroxylation sites is 3. The van der Waals surface area contributed by atoms with Gasteiger partial charge in [-0.15, -0.1) is 0 Å². The standard InChI is InChI=1S/C57H37NO2/c1-57(2)47-21-9-6-16-39(47)40-28-26-35(33-48(40)57)34-27-29-49-44(30-34)46-32-36(38-19-12-24-52-54(38)42-17-7-10-22-50(42)59-52)31-45(56(46)58(49)37-14-4-3-5-15-37)41-20-13-25-53-55(41)43-18-8-11-23-51(43)60-53/h3-33H,1-2H3. The zero-order valence-corrected chi connectivity index (χ0v) is 33.2. The molecule has 0 radical (unpaired) electrons. The highest BCUT2D eigenvalue weighted by Crippen LogP contribution is 2.51. The molecule has 0 bridgehead atoms. The summed E-state index contributed by atoms with van der Waals surface area (Å²) in [6, 6.07) is 68.3. The highest BCUT2D eigenvalue weighted by atomic mass is 16.3. The van der Waals surface area contributed by atoms with Crippen molar-refractivity contribution in [1.29, 1.82) is 0 Å². The zero-order chi connectivity index (χ0) is 39.7. The third-order valence-electron chi connectivity index (χ3n) is 13.2. The van der Waals surface area contributed by atoms with Gasteiger partial charge in [-0.25, -0.2) is 0 Å². The molecule has 12 aromatic rings. The Morgan fingerprint density at radius 1 is 0.367 bits per heavy atom. The van der Waals surface area contributed by atoms with Crippen LogP contribution in [0.15, 0.2) is 197 Å². The van der Waals surface area contributed by atoms with E-state index < -0.39 is 0 Å². The van der Waals surface area contributed by atoms with Crippen molar-refractivity contribution in [3.63, 3.8) is 0 Å². The molecule has 60 heavy (non-hydrogen) atoms. The van der Waals surface area contributed by atoms with E-state index in [-0.39, 0.29) is 5.41 Å². The van der Waals surface area contributed by atoms with Crippen LogP contribution in [0.5, 0.6) is 0 Å². The predicted molar refractivity (Wildman–Crippen MR) is 249 cm³/mol. The van der Waals surface area contributed by atoms with Crippen LogP contribution >= 0.6 is 0 Å². The van der Waals surface area contributed by atoms with Crippen molar-refractivity contribution < 1.29 is 8.83 Å². The highest BCUT2D eigenvalue weighted by molar-refractivity contribution is 6.22. The second-order valence-corrected chi connectivity index (χ2v) is 16.8. The van der Waals surface area contributed by atoms with Gasteiger partial charge in [0.05, 0.1) is 11.0 Å². The lowest BCUT2D eigenvalue weighted by molar-refractivity contribution is 0.660. The fourth-order valence-corrected chi connectivity index (χ4v) is 10.4. The van der Waals surface area contributed by atoms with Crippen LogP contribution in [0, 0.1) is 0 Å². The molecule has 13 rings (SSSR count). The van der Waals surface area contributed by atoms with Gasteiger partial charge < -0.3 is 13.4 Å². The van der Waals surface area contributed by atoms with E-state index >= 15 is 0 Å². The summed E-state index contributed by atoms with van der Waals surface area (Å²) in [5, 5.41) is 6.85. The molecule has 1 aliphatic carbocycles. The first-order valence-corrected chi connectivity index (χ1v) is 20.7. The summed E-state index contributed by atoms with van der Waals surface area (Å²) in [7, 11) is 0. The molecule has 0 N–H and O–H groups in total. The molecule has 3 heteroatoms. The molecule has 3 heterocycles. The third kappa shape index (κ3) is 4.60. The van der Waals surface area contributed by atoms with E-state index in [4.69, 9.17) is 8.83 Å². The SMILES string of the molecule is CC1(C)c2ccccc2-c2ccc(-c3ccc4c(c3)c3cc(-c5cccc6oc7ccccc7c56)cc(-c5cccc6oc7ccccc7c56)c3n4-c3ccccc3)cc21. The Balaban J connectivity index is 1.15. The number of hydrogen-bond donors (Lipinski definition) is 0. The minimum absolute atomic E-state index is 0.0876. The molecule has 0 saturated heterocycles. The van der Waals surface area contributed by atoms with Gasteiger partial charge in [-0.1, -0.05) is 135 Å². The molecule has 1 aliphatic rings. The maximum atomic E-state index is 6.52. The largest absolute Gasteiger partial charge is 0.456 e. The van der Waals surface area contributed by atoms with Gasteiger partial charge in [0.1, 0.15) is 22.3 Å². The lowest BCUT2D eigenvalue weighted by Gasteiger charge is -2.22. The van der Waals surface area contributed by atoms with Crippen molar-refractivity contribution in [3.8, 4) is 50.2 Å². The van der Waals surface area contributed by atoms with Crippen LogP contribution in [0.3, 0.4) is 0 Å². The Morgan fingerprint density at radius 3 is 1.70 bits per heavy atom. The van der Waals surface area contributed by atoms with Gasteiger partial charge in [-0.05, 0) is 117 Å². The topological polar surface area (TPSA) is 31.2 Å². The smallest absolute Gasteiger partial charge is 0.136 e. The average Bonchev–Trinajstić information content (AvgIpc) is 4.03. The van der Waals surface area contributed by atoms with Crippen molar-refractivity contribution in [1.82, 2.24) is 4.57 Å². The van der Waals surface area contributed by atoms with Crippen LogP contribution in [-0.2, 0) is 5.41 Å². The molecule has 0 saturated carbocycles. The Hall–Kier alpha value is -7.62. The molecular formula is C57H37NO2. The summed E-state index contributed by atoms with van der Waals surface area (Å²) in [5.74, 6) is 0. The minimum atomic E-state index is -0.0876. The molecule has 0 unspecified atom stereocenters. The minimum Gasteiger partial charge on any atom is -0.456 e. The quantitative estimate of drug-likeness (QED) is 0.179. The van der Waals surface area contributed by atoms with Gasteiger partial charge in [-0.3, -0.25) is 0 Å². The molecule has 0 fully saturated rings. The van der Waals surface area contributed by atoms with Gasteiger partial charge in [0.25, 0.3) is 0 Å². The molecule has 3 nitrogen and oxygen atoms in total. The lowest BCUT2D eigenvalue weighted by atomic mass is 9.81. The molecular weight excluding hydrogens is 731 g/mol. The molecule has 9 aromatic carbocycles. The van der Waals surface area contributed by atoms with Crippen LogP contribution in [0.1, 0.15) is 25.0 Å². The van der Waals surface area contributed by atoms with Gasteiger partial charge >= 0.3 is 0 Å². The first-order chi connectivity index (χ1) is 29.5. The van der Waals surface area contributed by atoms with E-state index in [9.17, 15) is 0 Å². The van der Waals surface area contributed by atoms with E-state index in [0.717, 1.165) is 82.9 Å². The van der Waals surface area contributed by atoms with Gasteiger partial charge in [-0.2, -0.15) is 0 Å². The molecule has 3 aromatic heterocycles. The summed E-state index contributed by atoms with van der Waals surface area (Å²) in [6.45, 7) is 4.71. The van der Waals surface area contributed by atoms with Crippen LogP contribution in [0.25, 0.3) is 116 Å². The normalized spacial score (nSPS) is 13.3. The number of hydrogen-bond acceptors (Lipinski definition) is 2. The van der Waals surface area contributed by atoms with Crippen LogP contribution in [-0.4, -0.2) is 4.57 Å². The maximum Gasteiger partial charge on any atom is 0.136 e. The van der Waals surface area contributed by atoms with Gasteiger partial charge in [0.2, 0.25) is 0 Å². The number of rotatable bonds is 4. The number of benzene rings is 9. The number of nitrogens with zero attached hydrogens (tertiary/aromatic N) is 1. The highest BCUT2D eigenvalue weighted by Gasteiger charge is 2.35. The second kappa shape index (κ2) is 12.2. The van der Waals surface area contributed by atoms with E-state index in [1.54, 1.807) is 0 Å². The average molecular weight is 768 g/mol. The monoisotopic (exact) mass is 767 g/mol. The molecule has 0 amide bonds. The van der Waals surface area contributed by atoms with E-state index in [1.807, 2.05) is 12.1 Å². The van der Waals surface area contributed by atoms with Crippen molar-refractivity contribution in [3.05, 3.63) is 199 Å². The first-order valence-electron chi connectivity index (χ1n) is 20.7. The van der Waals surface area contributed by atoms with Crippen molar-refractivity contribution in [2.75, 3.05) is 0 Å². The van der Waals surface area contributed by atoms with Crippen LogP contribution < -0.4 is 0 Å². The summed E-state index contributed by atoms with van der Waals surface area (Å²) in [6.07, 6.45) is 0. The van der Waals surface area contributed by atoms with E-state index in [2.05, 4.69) is 194 Å². The Bertz CT molecular complexity index is 3740. The van der Waals surface area contributed by atoms with Gasteiger partial charge in [0.15, 0.2) is 0 Å². The number of aromatic nitrogens is 1. The lowest BCUT2D eigenvalue weighted by Crippen LogP contribution is -2.14. The Morgan fingerprint density at radius 2 is 0.933 bits per heavy atom. The van der Waals surface area contributed by atoms with Crippen molar-refractivity contribution in [2.45, 2.75) is 19.3 Å². The fourth-order valence-electron chi connectivity index (χ4n) is 10.4. The van der Waals surface area contributed by atoms with Crippen LogP contribution in [0.2, 0.25) is 0 Å². The predicted octanol–water partition coefficient (Wildman–Crippen LogP) is 15.9. The molecule has 0 aliphatic heterocycles. The Labute approximate surface area is 346 Å². The summed E-state index contributed by atoms with van der Waals surface area (Å²) < 4.78 is 15.4. The Kier molecular flexibility index (Phi) is 6.78. The number of furan rings is 2. The first kappa shape index (κ1) is 33.4. The maximum absolute atomic E-state index is 6.52. The second-order valence-electron chi connectivity index (χ2n) is 16.8. The summed E-state index contributed by atoms with van der Waals surface area (Å²) in [5.41, 5.74) is 19.3. The summed E-state index contributed by atoms with van der Waals surface area (Å²) >= 11 is 0. The van der Waals surface area contributed by atoms with Crippen molar-refractivity contribution >= 4 is 65.7 Å². The third-order valence-corrected chi connectivity index (χ3v) is 13.2. The fraction of sp³-hybridized carbons (Fsp3) is 0.0526.